The minimum Gasteiger partial charge on any atom is -0.391 e. The van der Waals surface area contributed by atoms with Crippen molar-refractivity contribution >= 4 is 5.78 Å². The molecular formula is C26H32N2O. The monoisotopic (exact) mass is 388 g/mol. The van der Waals surface area contributed by atoms with Gasteiger partial charge in [0.2, 0.25) is 0 Å². The maximum atomic E-state index is 13.3. The van der Waals surface area contributed by atoms with Crippen LogP contribution in [0.5, 0.6) is 0 Å². The Kier molecular flexibility index (Phi) is 7.29. The van der Waals surface area contributed by atoms with Crippen LogP contribution < -0.4 is 10.6 Å². The first-order chi connectivity index (χ1) is 14.1. The van der Waals surface area contributed by atoms with E-state index in [0.717, 1.165) is 37.9 Å². The van der Waals surface area contributed by atoms with E-state index in [4.69, 9.17) is 0 Å². The van der Waals surface area contributed by atoms with Crippen molar-refractivity contribution in [2.24, 2.45) is 5.92 Å². The van der Waals surface area contributed by atoms with Gasteiger partial charge in [-0.2, -0.15) is 0 Å². The molecule has 0 radical (unpaired) electrons. The molecule has 0 bridgehead atoms. The topological polar surface area (TPSA) is 41.1 Å². The molecule has 3 nitrogen and oxygen atoms in total. The average Bonchev–Trinajstić information content (AvgIpc) is 2.88. The molecule has 29 heavy (non-hydrogen) atoms. The largest absolute Gasteiger partial charge is 0.391 e. The molecule has 0 heterocycles. The van der Waals surface area contributed by atoms with Crippen molar-refractivity contribution in [1.82, 2.24) is 10.6 Å². The summed E-state index contributed by atoms with van der Waals surface area (Å²) in [6.07, 6.45) is 5.12. The van der Waals surface area contributed by atoms with Crippen LogP contribution in [0.15, 0.2) is 79.7 Å². The van der Waals surface area contributed by atoms with Crippen molar-refractivity contribution in [3.8, 4) is 0 Å². The Morgan fingerprint density at radius 1 is 1.17 bits per heavy atom. The average molecular weight is 389 g/mol. The Labute approximate surface area is 174 Å². The number of hydrogen-bond acceptors (Lipinski definition) is 3. The summed E-state index contributed by atoms with van der Waals surface area (Å²) < 4.78 is 0. The van der Waals surface area contributed by atoms with Gasteiger partial charge in [-0.25, -0.2) is 0 Å². The molecular weight excluding hydrogens is 356 g/mol. The Morgan fingerprint density at radius 3 is 2.62 bits per heavy atom. The SMILES string of the molecule is C=CNC[C@@H](Cc1ccccc1)C(=C)N[C@H]1CCc2ccccc2C(CC)C1=O. The summed E-state index contributed by atoms with van der Waals surface area (Å²) in [5.74, 6) is 0.417. The van der Waals surface area contributed by atoms with Gasteiger partial charge in [-0.3, -0.25) is 4.79 Å². The van der Waals surface area contributed by atoms with Crippen LogP contribution in [0.25, 0.3) is 0 Å². The van der Waals surface area contributed by atoms with Crippen LogP contribution in [0.1, 0.15) is 42.4 Å². The molecule has 2 N–H and O–H groups in total. The zero-order valence-corrected chi connectivity index (χ0v) is 17.4. The molecule has 1 aliphatic carbocycles. The molecule has 0 aromatic heterocycles. The van der Waals surface area contributed by atoms with Crippen LogP contribution in [0.3, 0.4) is 0 Å². The van der Waals surface area contributed by atoms with E-state index in [1.165, 1.54) is 16.7 Å². The summed E-state index contributed by atoms with van der Waals surface area (Å²) in [5, 5.41) is 6.74. The van der Waals surface area contributed by atoms with Gasteiger partial charge in [-0.15, -0.1) is 0 Å². The first kappa shape index (κ1) is 20.9. The van der Waals surface area contributed by atoms with Gasteiger partial charge in [0.1, 0.15) is 0 Å². The van der Waals surface area contributed by atoms with E-state index in [1.807, 2.05) is 12.1 Å². The fourth-order valence-electron chi connectivity index (χ4n) is 4.29. The third kappa shape index (κ3) is 5.17. The summed E-state index contributed by atoms with van der Waals surface area (Å²) >= 11 is 0. The molecule has 0 saturated heterocycles. The smallest absolute Gasteiger partial charge is 0.162 e. The summed E-state index contributed by atoms with van der Waals surface area (Å²) in [6, 6.07) is 18.6. The van der Waals surface area contributed by atoms with Gasteiger partial charge in [0.05, 0.1) is 6.04 Å². The van der Waals surface area contributed by atoms with Gasteiger partial charge in [0.15, 0.2) is 5.78 Å². The molecule has 0 fully saturated rings. The van der Waals surface area contributed by atoms with Crippen LogP contribution in [0.4, 0.5) is 0 Å². The van der Waals surface area contributed by atoms with Gasteiger partial charge < -0.3 is 10.6 Å². The predicted molar refractivity (Wildman–Crippen MR) is 121 cm³/mol. The molecule has 1 aliphatic rings. The summed E-state index contributed by atoms with van der Waals surface area (Å²) in [6.45, 7) is 10.9. The number of nitrogens with one attached hydrogen (secondary N) is 2. The molecule has 1 unspecified atom stereocenters. The summed E-state index contributed by atoms with van der Waals surface area (Å²) in [5.41, 5.74) is 4.68. The highest BCUT2D eigenvalue weighted by atomic mass is 16.1. The van der Waals surface area contributed by atoms with Crippen LogP contribution >= 0.6 is 0 Å². The number of rotatable bonds is 9. The second kappa shape index (κ2) is 10.1. The van der Waals surface area contributed by atoms with Crippen molar-refractivity contribution < 1.29 is 4.79 Å². The summed E-state index contributed by atoms with van der Waals surface area (Å²) in [7, 11) is 0. The van der Waals surface area contributed by atoms with E-state index < -0.39 is 0 Å². The van der Waals surface area contributed by atoms with Crippen molar-refractivity contribution in [2.75, 3.05) is 6.54 Å². The molecule has 0 amide bonds. The third-order valence-electron chi connectivity index (χ3n) is 5.91. The fourth-order valence-corrected chi connectivity index (χ4v) is 4.29. The molecule has 2 aromatic carbocycles. The molecule has 3 heteroatoms. The molecule has 2 aromatic rings. The Balaban J connectivity index is 1.74. The number of aryl methyl sites for hydroxylation is 1. The molecule has 0 aliphatic heterocycles. The van der Waals surface area contributed by atoms with Crippen LogP contribution in [0.2, 0.25) is 0 Å². The fraction of sp³-hybridized carbons (Fsp3) is 0.346. The quantitative estimate of drug-likeness (QED) is 0.609. The molecule has 152 valence electrons. The second-order valence-corrected chi connectivity index (χ2v) is 7.82. The van der Waals surface area contributed by atoms with Gasteiger partial charge in [-0.1, -0.05) is 74.7 Å². The predicted octanol–water partition coefficient (Wildman–Crippen LogP) is 4.76. The van der Waals surface area contributed by atoms with E-state index in [2.05, 4.69) is 73.2 Å². The van der Waals surface area contributed by atoms with E-state index in [0.29, 0.717) is 0 Å². The third-order valence-corrected chi connectivity index (χ3v) is 5.91. The Hall–Kier alpha value is -2.81. The second-order valence-electron chi connectivity index (χ2n) is 7.82. The first-order valence-electron chi connectivity index (χ1n) is 10.6. The number of ketones is 1. The number of carbonyl (C=O) groups excluding carboxylic acids is 1. The number of benzene rings is 2. The normalized spacial score (nSPS) is 19.6. The van der Waals surface area contributed by atoms with Crippen LogP contribution in [-0.4, -0.2) is 18.4 Å². The van der Waals surface area contributed by atoms with Crippen molar-refractivity contribution in [3.05, 3.63) is 96.3 Å². The van der Waals surface area contributed by atoms with Crippen molar-refractivity contribution in [2.45, 2.75) is 44.6 Å². The Bertz CT molecular complexity index is 843. The lowest BCUT2D eigenvalue weighted by molar-refractivity contribution is -0.122. The highest BCUT2D eigenvalue weighted by Crippen LogP contribution is 2.31. The highest BCUT2D eigenvalue weighted by Gasteiger charge is 2.32. The lowest BCUT2D eigenvalue weighted by atomic mass is 9.88. The first-order valence-corrected chi connectivity index (χ1v) is 10.6. The highest BCUT2D eigenvalue weighted by molar-refractivity contribution is 5.91. The zero-order chi connectivity index (χ0) is 20.6. The Morgan fingerprint density at radius 2 is 1.90 bits per heavy atom. The maximum Gasteiger partial charge on any atom is 0.162 e. The van der Waals surface area contributed by atoms with Gasteiger partial charge in [-0.05, 0) is 48.6 Å². The standard InChI is InChI=1S/C26H32N2O/c1-4-23-24-14-10-9-13-21(24)15-16-25(26(23)29)28-19(3)22(18-27-5-2)17-20-11-7-6-8-12-20/h5-14,22-23,25,27-28H,2-4,15-18H2,1H3/t22-,23?,25+/m1/s1. The molecule has 3 atom stereocenters. The summed E-state index contributed by atoms with van der Waals surface area (Å²) in [4.78, 5) is 13.3. The van der Waals surface area contributed by atoms with Gasteiger partial charge >= 0.3 is 0 Å². The van der Waals surface area contributed by atoms with Gasteiger partial charge in [0, 0.05) is 24.1 Å². The minimum absolute atomic E-state index is 0.0436. The number of carbonyl (C=O) groups is 1. The van der Waals surface area contributed by atoms with E-state index in [9.17, 15) is 4.79 Å². The molecule has 0 spiro atoms. The van der Waals surface area contributed by atoms with Crippen LogP contribution in [-0.2, 0) is 17.6 Å². The van der Waals surface area contributed by atoms with E-state index in [-0.39, 0.29) is 23.7 Å². The maximum absolute atomic E-state index is 13.3. The lowest BCUT2D eigenvalue weighted by Crippen LogP contribution is -2.41. The van der Waals surface area contributed by atoms with E-state index in [1.54, 1.807) is 6.20 Å². The van der Waals surface area contributed by atoms with Crippen LogP contribution in [0, 0.1) is 5.92 Å². The zero-order valence-electron chi connectivity index (χ0n) is 17.4. The molecule has 3 rings (SSSR count). The van der Waals surface area contributed by atoms with Crippen molar-refractivity contribution in [3.63, 3.8) is 0 Å². The molecule has 0 saturated carbocycles. The lowest BCUT2D eigenvalue weighted by Gasteiger charge is -2.27. The number of hydrogen-bond donors (Lipinski definition) is 2. The number of fused-ring (bicyclic) bond motifs is 1. The van der Waals surface area contributed by atoms with Gasteiger partial charge in [0.25, 0.3) is 0 Å². The number of Topliss-reactive ketones (excluding diaryl/α,β-unsaturated/α-hetero) is 1. The minimum atomic E-state index is -0.193. The van der Waals surface area contributed by atoms with E-state index >= 15 is 0 Å². The van der Waals surface area contributed by atoms with Crippen molar-refractivity contribution in [1.29, 1.82) is 0 Å².